The molecular weight excluding hydrogens is 232 g/mol. The van der Waals surface area contributed by atoms with Crippen LogP contribution >= 0.6 is 0 Å². The van der Waals surface area contributed by atoms with Crippen LogP contribution < -0.4 is 0 Å². The van der Waals surface area contributed by atoms with Gasteiger partial charge in [-0.15, -0.1) is 0 Å². The molecule has 2 bridgehead atoms. The molecule has 0 aliphatic heterocycles. The van der Waals surface area contributed by atoms with Crippen molar-refractivity contribution in [1.82, 2.24) is 0 Å². The Bertz CT molecular complexity index is 399. The van der Waals surface area contributed by atoms with Gasteiger partial charge < -0.3 is 5.11 Å². The fraction of sp³-hybridized carbons (Fsp3) is 0.667. The lowest BCUT2D eigenvalue weighted by molar-refractivity contribution is 0.0973. The molecule has 1 N–H and O–H groups in total. The summed E-state index contributed by atoms with van der Waals surface area (Å²) >= 11 is 0. The van der Waals surface area contributed by atoms with Gasteiger partial charge in [-0.2, -0.15) is 0 Å². The third-order valence-electron chi connectivity index (χ3n) is 5.56. The van der Waals surface area contributed by atoms with E-state index in [2.05, 4.69) is 37.3 Å². The molecule has 19 heavy (non-hydrogen) atoms. The van der Waals surface area contributed by atoms with E-state index in [-0.39, 0.29) is 6.10 Å². The first-order valence-electron chi connectivity index (χ1n) is 8.01. The van der Waals surface area contributed by atoms with E-state index in [1.54, 1.807) is 0 Å². The van der Waals surface area contributed by atoms with Crippen LogP contribution in [0.2, 0.25) is 0 Å². The summed E-state index contributed by atoms with van der Waals surface area (Å²) in [6.07, 6.45) is 7.60. The fourth-order valence-electron chi connectivity index (χ4n) is 4.57. The molecule has 0 aromatic heterocycles. The third-order valence-corrected chi connectivity index (χ3v) is 5.56. The molecule has 3 rings (SSSR count). The predicted octanol–water partition coefficient (Wildman–Crippen LogP) is 4.37. The van der Waals surface area contributed by atoms with Gasteiger partial charge in [0.25, 0.3) is 0 Å². The zero-order chi connectivity index (χ0) is 13.2. The molecule has 2 fully saturated rings. The van der Waals surface area contributed by atoms with Crippen LogP contribution in [0, 0.1) is 17.8 Å². The highest BCUT2D eigenvalue weighted by Gasteiger charge is 2.40. The first-order chi connectivity index (χ1) is 9.28. The molecular formula is C18H26O. The first kappa shape index (κ1) is 13.2. The number of aliphatic hydroxyl groups excluding tert-OH is 1. The lowest BCUT2D eigenvalue weighted by atomic mass is 9.80. The molecule has 1 nitrogen and oxygen atoms in total. The number of fused-ring (bicyclic) bond motifs is 2. The lowest BCUT2D eigenvalue weighted by Crippen LogP contribution is -2.24. The van der Waals surface area contributed by atoms with Gasteiger partial charge >= 0.3 is 0 Å². The van der Waals surface area contributed by atoms with E-state index >= 15 is 0 Å². The largest absolute Gasteiger partial charge is 0.392 e. The summed E-state index contributed by atoms with van der Waals surface area (Å²) in [6.45, 7) is 2.20. The van der Waals surface area contributed by atoms with E-state index in [0.29, 0.717) is 5.92 Å². The van der Waals surface area contributed by atoms with Crippen molar-refractivity contribution in [2.45, 2.75) is 57.5 Å². The molecule has 2 aliphatic rings. The smallest absolute Gasteiger partial charge is 0.0611 e. The maximum absolute atomic E-state index is 10.7. The molecule has 1 heteroatoms. The van der Waals surface area contributed by atoms with Crippen molar-refractivity contribution < 1.29 is 5.11 Å². The van der Waals surface area contributed by atoms with Crippen LogP contribution in [-0.2, 0) is 0 Å². The summed E-state index contributed by atoms with van der Waals surface area (Å²) in [5.74, 6) is 3.03. The Morgan fingerprint density at radius 2 is 1.95 bits per heavy atom. The Kier molecular flexibility index (Phi) is 3.93. The van der Waals surface area contributed by atoms with E-state index in [4.69, 9.17) is 0 Å². The highest BCUT2D eigenvalue weighted by Crippen LogP contribution is 2.50. The Labute approximate surface area is 117 Å². The van der Waals surface area contributed by atoms with Crippen LogP contribution in [0.4, 0.5) is 0 Å². The van der Waals surface area contributed by atoms with E-state index < -0.39 is 0 Å². The van der Waals surface area contributed by atoms with Gasteiger partial charge in [0.15, 0.2) is 0 Å². The standard InChI is InChI=1S/C18H26O/c1-2-17(14-6-4-3-5-7-14)18(19)12-16-11-13-8-9-15(16)10-13/h3-7,13,15-19H,2,8-12H2,1H3. The van der Waals surface area contributed by atoms with E-state index in [0.717, 1.165) is 30.6 Å². The second kappa shape index (κ2) is 5.66. The monoisotopic (exact) mass is 258 g/mol. The fourth-order valence-corrected chi connectivity index (χ4v) is 4.57. The van der Waals surface area contributed by atoms with Crippen molar-refractivity contribution in [3.05, 3.63) is 35.9 Å². The molecule has 5 atom stereocenters. The molecule has 0 spiro atoms. The van der Waals surface area contributed by atoms with E-state index in [1.165, 1.54) is 31.2 Å². The Morgan fingerprint density at radius 3 is 2.53 bits per heavy atom. The van der Waals surface area contributed by atoms with Crippen molar-refractivity contribution in [3.8, 4) is 0 Å². The maximum Gasteiger partial charge on any atom is 0.0611 e. The second-order valence-corrected chi connectivity index (χ2v) is 6.66. The predicted molar refractivity (Wildman–Crippen MR) is 79.0 cm³/mol. The minimum Gasteiger partial charge on any atom is -0.392 e. The number of rotatable bonds is 5. The quantitative estimate of drug-likeness (QED) is 0.831. The number of hydrogen-bond donors (Lipinski definition) is 1. The van der Waals surface area contributed by atoms with Crippen LogP contribution in [-0.4, -0.2) is 11.2 Å². The van der Waals surface area contributed by atoms with Crippen LogP contribution in [0.25, 0.3) is 0 Å². The highest BCUT2D eigenvalue weighted by molar-refractivity contribution is 5.20. The normalized spacial score (nSPS) is 32.4. The molecule has 104 valence electrons. The minimum absolute atomic E-state index is 0.156. The number of hydrogen-bond acceptors (Lipinski definition) is 1. The summed E-state index contributed by atoms with van der Waals surface area (Å²) in [4.78, 5) is 0. The van der Waals surface area contributed by atoms with Gasteiger partial charge in [0.1, 0.15) is 0 Å². The molecule has 2 saturated carbocycles. The van der Waals surface area contributed by atoms with Crippen LogP contribution in [0.5, 0.6) is 0 Å². The highest BCUT2D eigenvalue weighted by atomic mass is 16.3. The Morgan fingerprint density at radius 1 is 1.16 bits per heavy atom. The molecule has 1 aromatic carbocycles. The average Bonchev–Trinajstić information content (AvgIpc) is 3.03. The Balaban J connectivity index is 1.64. The van der Waals surface area contributed by atoms with Gasteiger partial charge in [-0.25, -0.2) is 0 Å². The van der Waals surface area contributed by atoms with Gasteiger partial charge in [-0.3, -0.25) is 0 Å². The second-order valence-electron chi connectivity index (χ2n) is 6.66. The lowest BCUT2D eigenvalue weighted by Gasteiger charge is -2.28. The summed E-state index contributed by atoms with van der Waals surface area (Å²) in [5, 5.41) is 10.7. The van der Waals surface area contributed by atoms with Gasteiger partial charge in [-0.1, -0.05) is 43.7 Å². The zero-order valence-electron chi connectivity index (χ0n) is 12.0. The molecule has 2 aliphatic carbocycles. The van der Waals surface area contributed by atoms with Gasteiger partial charge in [0.05, 0.1) is 6.10 Å². The van der Waals surface area contributed by atoms with Gasteiger partial charge in [0.2, 0.25) is 0 Å². The van der Waals surface area contributed by atoms with Gasteiger partial charge in [-0.05, 0) is 55.4 Å². The molecule has 0 saturated heterocycles. The van der Waals surface area contributed by atoms with Crippen molar-refractivity contribution in [1.29, 1.82) is 0 Å². The average molecular weight is 258 g/mol. The summed E-state index contributed by atoms with van der Waals surface area (Å²) in [7, 11) is 0. The molecule has 0 heterocycles. The van der Waals surface area contributed by atoms with E-state index in [1.807, 2.05) is 0 Å². The molecule has 5 unspecified atom stereocenters. The zero-order valence-corrected chi connectivity index (χ0v) is 12.0. The van der Waals surface area contributed by atoms with Crippen molar-refractivity contribution in [3.63, 3.8) is 0 Å². The van der Waals surface area contributed by atoms with Crippen LogP contribution in [0.15, 0.2) is 30.3 Å². The maximum atomic E-state index is 10.7. The summed E-state index contributed by atoms with van der Waals surface area (Å²) in [6, 6.07) is 10.6. The third kappa shape index (κ3) is 2.72. The first-order valence-corrected chi connectivity index (χ1v) is 8.01. The molecule has 0 radical (unpaired) electrons. The van der Waals surface area contributed by atoms with Crippen LogP contribution in [0.3, 0.4) is 0 Å². The van der Waals surface area contributed by atoms with Crippen molar-refractivity contribution in [2.24, 2.45) is 17.8 Å². The van der Waals surface area contributed by atoms with Gasteiger partial charge in [0, 0.05) is 5.92 Å². The SMILES string of the molecule is CCC(c1ccccc1)C(O)CC1CC2CCC1C2. The Hall–Kier alpha value is -0.820. The number of benzene rings is 1. The number of aliphatic hydroxyl groups is 1. The summed E-state index contributed by atoms with van der Waals surface area (Å²) < 4.78 is 0. The topological polar surface area (TPSA) is 20.2 Å². The molecule has 0 amide bonds. The van der Waals surface area contributed by atoms with Crippen LogP contribution in [0.1, 0.15) is 56.9 Å². The van der Waals surface area contributed by atoms with Crippen molar-refractivity contribution in [2.75, 3.05) is 0 Å². The summed E-state index contributed by atoms with van der Waals surface area (Å²) in [5.41, 5.74) is 1.31. The minimum atomic E-state index is -0.156. The van der Waals surface area contributed by atoms with E-state index in [9.17, 15) is 5.11 Å². The molecule has 1 aromatic rings. The van der Waals surface area contributed by atoms with Crippen molar-refractivity contribution >= 4 is 0 Å².